The van der Waals surface area contributed by atoms with Crippen molar-refractivity contribution in [2.75, 3.05) is 0 Å². The van der Waals surface area contributed by atoms with E-state index in [-0.39, 0.29) is 0 Å². The summed E-state index contributed by atoms with van der Waals surface area (Å²) in [6, 6.07) is 0.433. The van der Waals surface area contributed by atoms with Gasteiger partial charge in [-0.25, -0.2) is 4.68 Å². The van der Waals surface area contributed by atoms with Gasteiger partial charge in [0.1, 0.15) is 0 Å². The molecule has 0 amide bonds. The molecule has 0 aliphatic heterocycles. The quantitative estimate of drug-likeness (QED) is 0.732. The fourth-order valence-electron chi connectivity index (χ4n) is 1.17. The summed E-state index contributed by atoms with van der Waals surface area (Å²) in [4.78, 5) is 0. The zero-order chi connectivity index (χ0) is 8.97. The lowest BCUT2D eigenvalue weighted by Crippen LogP contribution is -2.05. The van der Waals surface area contributed by atoms with Crippen LogP contribution < -0.4 is 5.73 Å². The molecule has 0 bridgehead atoms. The van der Waals surface area contributed by atoms with Gasteiger partial charge in [-0.05, 0) is 13.3 Å². The molecule has 1 atom stereocenters. The first-order valence-corrected chi connectivity index (χ1v) is 4.38. The Balaban J connectivity index is 2.61. The predicted octanol–water partition coefficient (Wildman–Crippen LogP) is 1.10. The lowest BCUT2D eigenvalue weighted by atomic mass is 10.2. The Kier molecular flexibility index (Phi) is 3.22. The van der Waals surface area contributed by atoms with Gasteiger partial charge in [-0.2, -0.15) is 0 Å². The van der Waals surface area contributed by atoms with Crippen LogP contribution in [0.1, 0.15) is 38.4 Å². The smallest absolute Gasteiger partial charge is 0.0962 e. The molecule has 1 aromatic rings. The van der Waals surface area contributed by atoms with E-state index in [4.69, 9.17) is 5.73 Å². The van der Waals surface area contributed by atoms with E-state index in [9.17, 15) is 0 Å². The van der Waals surface area contributed by atoms with Gasteiger partial charge in [-0.1, -0.05) is 18.6 Å². The van der Waals surface area contributed by atoms with E-state index < -0.39 is 0 Å². The van der Waals surface area contributed by atoms with Gasteiger partial charge in [0.2, 0.25) is 0 Å². The van der Waals surface area contributed by atoms with Crippen LogP contribution in [0.25, 0.3) is 0 Å². The largest absolute Gasteiger partial charge is 0.325 e. The van der Waals surface area contributed by atoms with Crippen molar-refractivity contribution in [3.63, 3.8) is 0 Å². The van der Waals surface area contributed by atoms with Crippen molar-refractivity contribution in [1.82, 2.24) is 15.0 Å². The standard InChI is InChI=1S/C8H16N4/c1-3-4-7(2)12-6-8(5-9)10-11-12/h6-7H,3-5,9H2,1-2H3. The van der Waals surface area contributed by atoms with Crippen LogP contribution in [0.3, 0.4) is 0 Å². The molecule has 0 radical (unpaired) electrons. The third kappa shape index (κ3) is 2.04. The van der Waals surface area contributed by atoms with Crippen LogP contribution in [0.5, 0.6) is 0 Å². The molecule has 0 aliphatic carbocycles. The molecule has 4 heteroatoms. The maximum Gasteiger partial charge on any atom is 0.0962 e. The number of rotatable bonds is 4. The normalized spacial score (nSPS) is 13.2. The molecule has 2 N–H and O–H groups in total. The molecule has 1 rings (SSSR count). The van der Waals surface area contributed by atoms with E-state index in [0.717, 1.165) is 12.1 Å². The minimum Gasteiger partial charge on any atom is -0.325 e. The lowest BCUT2D eigenvalue weighted by molar-refractivity contribution is 0.443. The Morgan fingerprint density at radius 2 is 2.42 bits per heavy atom. The van der Waals surface area contributed by atoms with Gasteiger partial charge in [0.25, 0.3) is 0 Å². The molecule has 1 unspecified atom stereocenters. The van der Waals surface area contributed by atoms with Gasteiger partial charge in [-0.3, -0.25) is 0 Å². The summed E-state index contributed by atoms with van der Waals surface area (Å²) in [6.45, 7) is 4.77. The number of nitrogens with two attached hydrogens (primary N) is 1. The molecule has 68 valence electrons. The second-order valence-electron chi connectivity index (χ2n) is 3.03. The highest BCUT2D eigenvalue weighted by molar-refractivity contribution is 4.91. The highest BCUT2D eigenvalue weighted by atomic mass is 15.4. The zero-order valence-corrected chi connectivity index (χ0v) is 7.70. The molecule has 0 saturated heterocycles. The van der Waals surface area contributed by atoms with Crippen molar-refractivity contribution < 1.29 is 0 Å². The molecule has 0 fully saturated rings. The molecule has 1 aromatic heterocycles. The maximum atomic E-state index is 5.42. The van der Waals surface area contributed by atoms with Crippen LogP contribution >= 0.6 is 0 Å². The molecule has 0 aromatic carbocycles. The Morgan fingerprint density at radius 1 is 1.67 bits per heavy atom. The minimum atomic E-state index is 0.433. The van der Waals surface area contributed by atoms with Gasteiger partial charge in [0.15, 0.2) is 0 Å². The highest BCUT2D eigenvalue weighted by Crippen LogP contribution is 2.10. The third-order valence-electron chi connectivity index (χ3n) is 1.92. The highest BCUT2D eigenvalue weighted by Gasteiger charge is 2.05. The summed E-state index contributed by atoms with van der Waals surface area (Å²) < 4.78 is 1.88. The Labute approximate surface area is 72.8 Å². The number of nitrogens with zero attached hydrogens (tertiary/aromatic N) is 3. The molecular weight excluding hydrogens is 152 g/mol. The van der Waals surface area contributed by atoms with Gasteiger partial charge < -0.3 is 5.73 Å². The summed E-state index contributed by atoms with van der Waals surface area (Å²) in [5.74, 6) is 0. The Hall–Kier alpha value is -0.900. The van der Waals surface area contributed by atoms with Gasteiger partial charge in [0.05, 0.1) is 17.9 Å². The summed E-state index contributed by atoms with van der Waals surface area (Å²) in [5.41, 5.74) is 6.28. The minimum absolute atomic E-state index is 0.433. The van der Waals surface area contributed by atoms with E-state index in [1.165, 1.54) is 6.42 Å². The van der Waals surface area contributed by atoms with Crippen LogP contribution in [0.2, 0.25) is 0 Å². The third-order valence-corrected chi connectivity index (χ3v) is 1.92. The monoisotopic (exact) mass is 168 g/mol. The van der Waals surface area contributed by atoms with E-state index >= 15 is 0 Å². The fourth-order valence-corrected chi connectivity index (χ4v) is 1.17. The first kappa shape index (κ1) is 9.19. The van der Waals surface area contributed by atoms with Crippen molar-refractivity contribution in [3.8, 4) is 0 Å². The first-order valence-electron chi connectivity index (χ1n) is 4.38. The topological polar surface area (TPSA) is 56.7 Å². The Morgan fingerprint density at radius 3 is 2.92 bits per heavy atom. The van der Waals surface area contributed by atoms with E-state index in [2.05, 4.69) is 24.2 Å². The van der Waals surface area contributed by atoms with Crippen molar-refractivity contribution >= 4 is 0 Å². The summed E-state index contributed by atoms with van der Waals surface area (Å²) >= 11 is 0. The molecule has 0 spiro atoms. The van der Waals surface area contributed by atoms with Crippen molar-refractivity contribution in [2.24, 2.45) is 5.73 Å². The lowest BCUT2D eigenvalue weighted by Gasteiger charge is -2.08. The van der Waals surface area contributed by atoms with Crippen LogP contribution in [0, 0.1) is 0 Å². The fraction of sp³-hybridized carbons (Fsp3) is 0.750. The van der Waals surface area contributed by atoms with Gasteiger partial charge >= 0.3 is 0 Å². The van der Waals surface area contributed by atoms with Crippen molar-refractivity contribution in [2.45, 2.75) is 39.3 Å². The molecule has 1 heterocycles. The SMILES string of the molecule is CCCC(C)n1cc(CN)nn1. The Bertz CT molecular complexity index is 231. The van der Waals surface area contributed by atoms with Crippen molar-refractivity contribution in [1.29, 1.82) is 0 Å². The van der Waals surface area contributed by atoms with E-state index in [0.29, 0.717) is 12.6 Å². The number of hydrogen-bond donors (Lipinski definition) is 1. The number of aromatic nitrogens is 3. The zero-order valence-electron chi connectivity index (χ0n) is 7.70. The van der Waals surface area contributed by atoms with Crippen LogP contribution in [0.15, 0.2) is 6.20 Å². The maximum absolute atomic E-state index is 5.42. The van der Waals surface area contributed by atoms with E-state index in [1.54, 1.807) is 0 Å². The second kappa shape index (κ2) is 4.21. The van der Waals surface area contributed by atoms with Crippen molar-refractivity contribution in [3.05, 3.63) is 11.9 Å². The molecule has 12 heavy (non-hydrogen) atoms. The average Bonchev–Trinajstić information content (AvgIpc) is 2.52. The predicted molar refractivity (Wildman–Crippen MR) is 47.5 cm³/mol. The molecular formula is C8H16N4. The van der Waals surface area contributed by atoms with Crippen LogP contribution in [0.4, 0.5) is 0 Å². The molecule has 4 nitrogen and oxygen atoms in total. The van der Waals surface area contributed by atoms with Gasteiger partial charge in [0, 0.05) is 6.54 Å². The first-order chi connectivity index (χ1) is 5.77. The second-order valence-corrected chi connectivity index (χ2v) is 3.03. The van der Waals surface area contributed by atoms with E-state index in [1.807, 2.05) is 10.9 Å². The number of hydrogen-bond acceptors (Lipinski definition) is 3. The van der Waals surface area contributed by atoms with Crippen LogP contribution in [-0.2, 0) is 6.54 Å². The van der Waals surface area contributed by atoms with Gasteiger partial charge in [-0.15, -0.1) is 5.10 Å². The summed E-state index contributed by atoms with van der Waals surface area (Å²) in [7, 11) is 0. The average molecular weight is 168 g/mol. The molecule has 0 aliphatic rings. The van der Waals surface area contributed by atoms with Crippen LogP contribution in [-0.4, -0.2) is 15.0 Å². The molecule has 0 saturated carbocycles. The summed E-state index contributed by atoms with van der Waals surface area (Å²) in [5, 5.41) is 7.92. The summed E-state index contributed by atoms with van der Waals surface area (Å²) in [6.07, 6.45) is 4.21.